The first-order valence-electron chi connectivity index (χ1n) is 7.36. The molecule has 0 fully saturated rings. The van der Waals surface area contributed by atoms with Gasteiger partial charge in [0, 0.05) is 5.56 Å². The molecule has 0 N–H and O–H groups in total. The molecule has 0 saturated heterocycles. The second kappa shape index (κ2) is 7.38. The van der Waals surface area contributed by atoms with E-state index in [1.165, 1.54) is 18.2 Å². The summed E-state index contributed by atoms with van der Waals surface area (Å²) in [6.07, 6.45) is -4.09. The molecule has 128 valence electrons. The zero-order valence-electron chi connectivity index (χ0n) is 13.3. The van der Waals surface area contributed by atoms with Crippen molar-refractivity contribution in [3.05, 3.63) is 48.0 Å². The number of rotatable bonds is 6. The van der Waals surface area contributed by atoms with Crippen molar-refractivity contribution in [2.75, 3.05) is 6.61 Å². The number of hydrogen-bond donors (Lipinski definition) is 0. The van der Waals surface area contributed by atoms with Crippen LogP contribution in [0.3, 0.4) is 0 Å². The molecule has 0 spiro atoms. The number of aldehydes is 1. The van der Waals surface area contributed by atoms with E-state index in [9.17, 15) is 18.0 Å². The third-order valence-electron chi connectivity index (χ3n) is 3.10. The van der Waals surface area contributed by atoms with Crippen LogP contribution in [0.2, 0.25) is 0 Å². The standard InChI is InChI=1S/C18H17F3O3/c1-12(2)11-23-17-9-15(6-7-16(17)24-18(19,20)21)14-5-3-4-13(8-14)10-22/h3-10,12H,11H2,1-2H3. The Morgan fingerprint density at radius 3 is 2.38 bits per heavy atom. The molecular weight excluding hydrogens is 321 g/mol. The molecule has 0 radical (unpaired) electrons. The number of alkyl halides is 3. The van der Waals surface area contributed by atoms with Gasteiger partial charge in [0.05, 0.1) is 6.61 Å². The topological polar surface area (TPSA) is 35.5 Å². The highest BCUT2D eigenvalue weighted by Crippen LogP contribution is 2.36. The molecule has 24 heavy (non-hydrogen) atoms. The van der Waals surface area contributed by atoms with Gasteiger partial charge < -0.3 is 9.47 Å². The molecule has 0 amide bonds. The van der Waals surface area contributed by atoms with E-state index >= 15 is 0 Å². The first-order valence-corrected chi connectivity index (χ1v) is 7.36. The predicted octanol–water partition coefficient (Wildman–Crippen LogP) is 5.10. The number of halogens is 3. The highest BCUT2D eigenvalue weighted by Gasteiger charge is 2.32. The lowest BCUT2D eigenvalue weighted by molar-refractivity contribution is -0.275. The number of ether oxygens (including phenoxy) is 2. The summed E-state index contributed by atoms with van der Waals surface area (Å²) in [5.41, 5.74) is 1.81. The first kappa shape index (κ1) is 17.8. The SMILES string of the molecule is CC(C)COc1cc(-c2cccc(C=O)c2)ccc1OC(F)(F)F. The maximum atomic E-state index is 12.5. The summed E-state index contributed by atoms with van der Waals surface area (Å²) >= 11 is 0. The minimum absolute atomic E-state index is 0.00929. The zero-order chi connectivity index (χ0) is 17.7. The molecule has 2 rings (SSSR count). The van der Waals surface area contributed by atoms with Crippen LogP contribution < -0.4 is 9.47 Å². The summed E-state index contributed by atoms with van der Waals surface area (Å²) < 4.78 is 47.1. The summed E-state index contributed by atoms with van der Waals surface area (Å²) in [4.78, 5) is 10.9. The second-order valence-corrected chi connectivity index (χ2v) is 5.66. The summed E-state index contributed by atoms with van der Waals surface area (Å²) in [6.45, 7) is 4.04. The quantitative estimate of drug-likeness (QED) is 0.688. The average molecular weight is 338 g/mol. The van der Waals surface area contributed by atoms with Crippen LogP contribution in [0.4, 0.5) is 13.2 Å². The van der Waals surface area contributed by atoms with Crippen molar-refractivity contribution in [2.24, 2.45) is 5.92 Å². The van der Waals surface area contributed by atoms with Crippen molar-refractivity contribution >= 4 is 6.29 Å². The van der Waals surface area contributed by atoms with Gasteiger partial charge in [0.15, 0.2) is 11.5 Å². The predicted molar refractivity (Wildman–Crippen MR) is 84.3 cm³/mol. The maximum Gasteiger partial charge on any atom is 0.573 e. The Morgan fingerprint density at radius 2 is 1.75 bits per heavy atom. The van der Waals surface area contributed by atoms with Gasteiger partial charge >= 0.3 is 6.36 Å². The van der Waals surface area contributed by atoms with E-state index in [-0.39, 0.29) is 18.3 Å². The van der Waals surface area contributed by atoms with E-state index in [0.717, 1.165) is 0 Å². The normalized spacial score (nSPS) is 11.4. The first-order chi connectivity index (χ1) is 11.3. The molecule has 0 bridgehead atoms. The average Bonchev–Trinajstić information content (AvgIpc) is 2.52. The van der Waals surface area contributed by atoms with Crippen LogP contribution in [0.25, 0.3) is 11.1 Å². The fraction of sp³-hybridized carbons (Fsp3) is 0.278. The van der Waals surface area contributed by atoms with Crippen LogP contribution in [-0.2, 0) is 0 Å². The minimum Gasteiger partial charge on any atom is -0.489 e. The molecule has 2 aromatic rings. The lowest BCUT2D eigenvalue weighted by Crippen LogP contribution is -2.18. The van der Waals surface area contributed by atoms with Crippen LogP contribution >= 0.6 is 0 Å². The van der Waals surface area contributed by atoms with Gasteiger partial charge in [-0.3, -0.25) is 4.79 Å². The number of carbonyl (C=O) groups excluding carboxylic acids is 1. The van der Waals surface area contributed by atoms with Crippen molar-refractivity contribution in [3.63, 3.8) is 0 Å². The van der Waals surface area contributed by atoms with Gasteiger partial charge in [0.25, 0.3) is 0 Å². The van der Waals surface area contributed by atoms with Crippen molar-refractivity contribution in [2.45, 2.75) is 20.2 Å². The van der Waals surface area contributed by atoms with E-state index in [1.54, 1.807) is 24.3 Å². The molecule has 6 heteroatoms. The van der Waals surface area contributed by atoms with Crippen LogP contribution in [-0.4, -0.2) is 19.3 Å². The molecule has 3 nitrogen and oxygen atoms in total. The van der Waals surface area contributed by atoms with Gasteiger partial charge in [-0.2, -0.15) is 0 Å². The second-order valence-electron chi connectivity index (χ2n) is 5.66. The molecule has 0 aromatic heterocycles. The van der Waals surface area contributed by atoms with Gasteiger partial charge in [-0.1, -0.05) is 38.1 Å². The van der Waals surface area contributed by atoms with E-state index in [0.29, 0.717) is 23.0 Å². The Hall–Kier alpha value is -2.50. The summed E-state index contributed by atoms with van der Waals surface area (Å²) in [7, 11) is 0. The summed E-state index contributed by atoms with van der Waals surface area (Å²) in [5, 5.41) is 0. The Kier molecular flexibility index (Phi) is 5.49. The van der Waals surface area contributed by atoms with E-state index in [2.05, 4.69) is 4.74 Å². The van der Waals surface area contributed by atoms with Gasteiger partial charge in [-0.05, 0) is 35.2 Å². The highest BCUT2D eigenvalue weighted by molar-refractivity contribution is 5.79. The molecular formula is C18H17F3O3. The van der Waals surface area contributed by atoms with Crippen molar-refractivity contribution in [1.29, 1.82) is 0 Å². The Labute approximate surface area is 138 Å². The molecule has 0 aliphatic heterocycles. The zero-order valence-corrected chi connectivity index (χ0v) is 13.3. The minimum atomic E-state index is -4.80. The lowest BCUT2D eigenvalue weighted by atomic mass is 10.0. The number of hydrogen-bond acceptors (Lipinski definition) is 3. The van der Waals surface area contributed by atoms with E-state index in [1.807, 2.05) is 13.8 Å². The number of benzene rings is 2. The molecule has 2 aromatic carbocycles. The third kappa shape index (κ3) is 5.01. The van der Waals surface area contributed by atoms with Crippen LogP contribution in [0.5, 0.6) is 11.5 Å². The maximum absolute atomic E-state index is 12.5. The Bertz CT molecular complexity index is 709. The molecule has 0 aliphatic carbocycles. The van der Waals surface area contributed by atoms with Crippen molar-refractivity contribution in [1.82, 2.24) is 0 Å². The van der Waals surface area contributed by atoms with Crippen LogP contribution in [0.1, 0.15) is 24.2 Å². The summed E-state index contributed by atoms with van der Waals surface area (Å²) in [6, 6.07) is 11.0. The Balaban J connectivity index is 2.39. The lowest BCUT2D eigenvalue weighted by Gasteiger charge is -2.16. The van der Waals surface area contributed by atoms with Crippen molar-refractivity contribution in [3.8, 4) is 22.6 Å². The van der Waals surface area contributed by atoms with Gasteiger partial charge in [-0.15, -0.1) is 13.2 Å². The van der Waals surface area contributed by atoms with Gasteiger partial charge in [0.1, 0.15) is 6.29 Å². The van der Waals surface area contributed by atoms with Crippen LogP contribution in [0.15, 0.2) is 42.5 Å². The van der Waals surface area contributed by atoms with Gasteiger partial charge in [-0.25, -0.2) is 0 Å². The molecule has 0 aliphatic rings. The Morgan fingerprint density at radius 1 is 1.04 bits per heavy atom. The van der Waals surface area contributed by atoms with E-state index in [4.69, 9.17) is 4.74 Å². The molecule has 0 saturated carbocycles. The molecule has 0 unspecified atom stereocenters. The number of carbonyl (C=O) groups is 1. The monoisotopic (exact) mass is 338 g/mol. The fourth-order valence-electron chi connectivity index (χ4n) is 2.06. The molecule has 0 atom stereocenters. The van der Waals surface area contributed by atoms with E-state index < -0.39 is 12.1 Å². The summed E-state index contributed by atoms with van der Waals surface area (Å²) in [5.74, 6) is -0.237. The van der Waals surface area contributed by atoms with Gasteiger partial charge in [0.2, 0.25) is 0 Å². The molecule has 0 heterocycles. The smallest absolute Gasteiger partial charge is 0.489 e. The third-order valence-corrected chi connectivity index (χ3v) is 3.10. The van der Waals surface area contributed by atoms with Crippen molar-refractivity contribution < 1.29 is 27.4 Å². The largest absolute Gasteiger partial charge is 0.573 e. The highest BCUT2D eigenvalue weighted by atomic mass is 19.4. The fourth-order valence-corrected chi connectivity index (χ4v) is 2.06. The van der Waals surface area contributed by atoms with Crippen LogP contribution in [0, 0.1) is 5.92 Å².